The first kappa shape index (κ1) is 15.9. The van der Waals surface area contributed by atoms with Crippen molar-refractivity contribution in [2.45, 2.75) is 59.6 Å². The van der Waals surface area contributed by atoms with Gasteiger partial charge in [0, 0.05) is 6.54 Å². The van der Waals surface area contributed by atoms with Gasteiger partial charge >= 0.3 is 6.09 Å². The summed E-state index contributed by atoms with van der Waals surface area (Å²) >= 11 is 0. The number of carbonyl (C=O) groups is 2. The van der Waals surface area contributed by atoms with Crippen LogP contribution in [0, 0.1) is 5.92 Å². The van der Waals surface area contributed by atoms with Gasteiger partial charge in [-0.2, -0.15) is 0 Å². The molecule has 0 saturated carbocycles. The van der Waals surface area contributed by atoms with E-state index < -0.39 is 17.7 Å². The van der Waals surface area contributed by atoms with Gasteiger partial charge in [0.05, 0.1) is 6.04 Å². The van der Waals surface area contributed by atoms with Gasteiger partial charge in [-0.05, 0) is 40.0 Å². The van der Waals surface area contributed by atoms with Crippen LogP contribution in [0.2, 0.25) is 0 Å². The first-order valence-corrected chi connectivity index (χ1v) is 6.16. The van der Waals surface area contributed by atoms with Gasteiger partial charge in [0.15, 0.2) is 0 Å². The van der Waals surface area contributed by atoms with Crippen LogP contribution in [0.1, 0.15) is 48.0 Å². The summed E-state index contributed by atoms with van der Waals surface area (Å²) in [6.45, 7) is 11.8. The highest BCUT2D eigenvalue weighted by Gasteiger charge is 2.27. The standard InChI is InChI=1S/C13H25NO3/c1-7-14(11(9-15)8-10(2)3)12(16)17-13(4,5)6/h9-11H,7-8H2,1-6H3. The molecule has 0 aliphatic rings. The Labute approximate surface area is 104 Å². The molecule has 100 valence electrons. The minimum absolute atomic E-state index is 0.363. The maximum Gasteiger partial charge on any atom is 0.410 e. The van der Waals surface area contributed by atoms with Crippen LogP contribution in [0.15, 0.2) is 0 Å². The van der Waals surface area contributed by atoms with Crippen LogP contribution >= 0.6 is 0 Å². The summed E-state index contributed by atoms with van der Waals surface area (Å²) in [6, 6.07) is -0.394. The molecule has 0 radical (unpaired) electrons. The minimum atomic E-state index is -0.532. The number of nitrogens with zero attached hydrogens (tertiary/aromatic N) is 1. The van der Waals surface area contributed by atoms with Crippen LogP contribution < -0.4 is 0 Å². The van der Waals surface area contributed by atoms with Gasteiger partial charge in [-0.25, -0.2) is 4.79 Å². The highest BCUT2D eigenvalue weighted by atomic mass is 16.6. The summed E-state index contributed by atoms with van der Waals surface area (Å²) in [5.74, 6) is 0.363. The summed E-state index contributed by atoms with van der Waals surface area (Å²) in [7, 11) is 0. The molecule has 1 unspecified atom stereocenters. The summed E-state index contributed by atoms with van der Waals surface area (Å²) in [5.41, 5.74) is -0.532. The molecule has 17 heavy (non-hydrogen) atoms. The molecular formula is C13H25NO3. The molecule has 4 nitrogen and oxygen atoms in total. The van der Waals surface area contributed by atoms with E-state index in [0.29, 0.717) is 18.9 Å². The molecular weight excluding hydrogens is 218 g/mol. The Kier molecular flexibility index (Phi) is 6.21. The molecule has 0 spiro atoms. The van der Waals surface area contributed by atoms with Crippen LogP contribution in [0.4, 0.5) is 4.79 Å². The third kappa shape index (κ3) is 6.29. The Balaban J connectivity index is 4.67. The third-order valence-corrected chi connectivity index (χ3v) is 2.24. The van der Waals surface area contributed by atoms with E-state index in [0.717, 1.165) is 6.29 Å². The van der Waals surface area contributed by atoms with E-state index in [1.54, 1.807) is 0 Å². The quantitative estimate of drug-likeness (QED) is 0.697. The number of rotatable bonds is 5. The monoisotopic (exact) mass is 243 g/mol. The predicted molar refractivity (Wildman–Crippen MR) is 67.9 cm³/mol. The maximum atomic E-state index is 11.9. The molecule has 1 atom stereocenters. The third-order valence-electron chi connectivity index (χ3n) is 2.24. The Morgan fingerprint density at radius 2 is 1.88 bits per heavy atom. The first-order valence-electron chi connectivity index (χ1n) is 6.16. The number of hydrogen-bond donors (Lipinski definition) is 0. The number of likely N-dealkylation sites (N-methyl/N-ethyl adjacent to an activating group) is 1. The lowest BCUT2D eigenvalue weighted by molar-refractivity contribution is -0.113. The van der Waals surface area contributed by atoms with Crippen LogP contribution in [0.5, 0.6) is 0 Å². The van der Waals surface area contributed by atoms with Crippen molar-refractivity contribution in [3.05, 3.63) is 0 Å². The number of ether oxygens (including phenoxy) is 1. The van der Waals surface area contributed by atoms with E-state index in [-0.39, 0.29) is 0 Å². The molecule has 0 bridgehead atoms. The smallest absolute Gasteiger partial charge is 0.410 e. The largest absolute Gasteiger partial charge is 0.444 e. The van der Waals surface area contributed by atoms with Crippen molar-refractivity contribution in [3.8, 4) is 0 Å². The number of carbonyl (C=O) groups excluding carboxylic acids is 2. The minimum Gasteiger partial charge on any atom is -0.444 e. The Hall–Kier alpha value is -1.06. The highest BCUT2D eigenvalue weighted by Crippen LogP contribution is 2.15. The summed E-state index contributed by atoms with van der Waals surface area (Å²) < 4.78 is 5.28. The molecule has 0 aliphatic heterocycles. The fourth-order valence-electron chi connectivity index (χ4n) is 1.56. The fraction of sp³-hybridized carbons (Fsp3) is 0.846. The second kappa shape index (κ2) is 6.62. The van der Waals surface area contributed by atoms with Gasteiger partial charge in [0.2, 0.25) is 0 Å². The van der Waals surface area contributed by atoms with E-state index in [4.69, 9.17) is 4.74 Å². The molecule has 0 aliphatic carbocycles. The van der Waals surface area contributed by atoms with Crippen molar-refractivity contribution in [3.63, 3.8) is 0 Å². The second-order valence-corrected chi connectivity index (χ2v) is 5.60. The topological polar surface area (TPSA) is 46.6 Å². The highest BCUT2D eigenvalue weighted by molar-refractivity contribution is 5.73. The first-order chi connectivity index (χ1) is 7.71. The zero-order chi connectivity index (χ0) is 13.6. The predicted octanol–water partition coefficient (Wildman–Crippen LogP) is 2.86. The summed E-state index contributed by atoms with van der Waals surface area (Å²) in [6.07, 6.45) is 1.07. The van der Waals surface area contributed by atoms with E-state index in [2.05, 4.69) is 0 Å². The lowest BCUT2D eigenvalue weighted by atomic mass is 10.0. The zero-order valence-corrected chi connectivity index (χ0v) is 11.8. The molecule has 4 heteroatoms. The van der Waals surface area contributed by atoms with Crippen LogP contribution in [-0.2, 0) is 9.53 Å². The van der Waals surface area contributed by atoms with E-state index >= 15 is 0 Å². The lowest BCUT2D eigenvalue weighted by Crippen LogP contribution is -2.44. The van der Waals surface area contributed by atoms with Gasteiger partial charge in [-0.3, -0.25) is 4.90 Å². The van der Waals surface area contributed by atoms with Gasteiger partial charge in [0.25, 0.3) is 0 Å². The van der Waals surface area contributed by atoms with Gasteiger partial charge in [-0.1, -0.05) is 13.8 Å². The summed E-state index contributed by atoms with van der Waals surface area (Å²) in [4.78, 5) is 24.5. The van der Waals surface area contributed by atoms with Crippen molar-refractivity contribution < 1.29 is 14.3 Å². The number of hydrogen-bond acceptors (Lipinski definition) is 3. The second-order valence-electron chi connectivity index (χ2n) is 5.60. The van der Waals surface area contributed by atoms with Crippen molar-refractivity contribution in [2.24, 2.45) is 5.92 Å². The van der Waals surface area contributed by atoms with Gasteiger partial charge in [0.1, 0.15) is 11.9 Å². The van der Waals surface area contributed by atoms with Gasteiger partial charge < -0.3 is 9.53 Å². The summed E-state index contributed by atoms with van der Waals surface area (Å²) in [5, 5.41) is 0. The number of amides is 1. The van der Waals surface area contributed by atoms with Crippen molar-refractivity contribution in [1.82, 2.24) is 4.90 Å². The zero-order valence-electron chi connectivity index (χ0n) is 11.8. The molecule has 0 aromatic rings. The van der Waals surface area contributed by atoms with E-state index in [1.165, 1.54) is 4.90 Å². The van der Waals surface area contributed by atoms with E-state index in [1.807, 2.05) is 41.5 Å². The SMILES string of the molecule is CCN(C(=O)OC(C)(C)C)C(C=O)CC(C)C. The van der Waals surface area contributed by atoms with E-state index in [9.17, 15) is 9.59 Å². The normalized spacial score (nSPS) is 13.4. The van der Waals surface area contributed by atoms with Gasteiger partial charge in [-0.15, -0.1) is 0 Å². The molecule has 0 heterocycles. The molecule has 0 fully saturated rings. The lowest BCUT2D eigenvalue weighted by Gasteiger charge is -2.30. The van der Waals surface area contributed by atoms with Crippen molar-refractivity contribution in [2.75, 3.05) is 6.54 Å². The maximum absolute atomic E-state index is 11.9. The molecule has 0 rings (SSSR count). The molecule has 0 N–H and O–H groups in total. The molecule has 0 aromatic heterocycles. The average molecular weight is 243 g/mol. The number of aldehydes is 1. The van der Waals surface area contributed by atoms with Crippen LogP contribution in [0.25, 0.3) is 0 Å². The van der Waals surface area contributed by atoms with Crippen LogP contribution in [0.3, 0.4) is 0 Å². The van der Waals surface area contributed by atoms with Crippen molar-refractivity contribution in [1.29, 1.82) is 0 Å². The van der Waals surface area contributed by atoms with Crippen LogP contribution in [-0.4, -0.2) is 35.5 Å². The molecule has 0 saturated heterocycles. The molecule has 1 amide bonds. The Bertz CT molecular complexity index is 256. The molecule has 0 aromatic carbocycles. The fourth-order valence-corrected chi connectivity index (χ4v) is 1.56. The Morgan fingerprint density at radius 1 is 1.35 bits per heavy atom. The Morgan fingerprint density at radius 3 is 2.18 bits per heavy atom. The average Bonchev–Trinajstić information content (AvgIpc) is 2.13. The van der Waals surface area contributed by atoms with Crippen molar-refractivity contribution >= 4 is 12.4 Å².